The maximum atomic E-state index is 13.1. The van der Waals surface area contributed by atoms with E-state index in [1.54, 1.807) is 18.2 Å². The number of halogens is 2. The Hall–Kier alpha value is -2.51. The van der Waals surface area contributed by atoms with Crippen molar-refractivity contribution < 1.29 is 18.7 Å². The third-order valence-corrected chi connectivity index (χ3v) is 6.69. The molecule has 1 saturated heterocycles. The number of hydrogen-bond donors (Lipinski definition) is 1. The van der Waals surface area contributed by atoms with E-state index >= 15 is 0 Å². The van der Waals surface area contributed by atoms with Crippen LogP contribution in [0, 0.1) is 12.8 Å². The highest BCUT2D eigenvalue weighted by Gasteiger charge is 2.31. The molecule has 1 aliphatic carbocycles. The quantitative estimate of drug-likeness (QED) is 0.596. The molecule has 4 rings (SSSR count). The van der Waals surface area contributed by atoms with Crippen molar-refractivity contribution in [3.8, 4) is 5.75 Å². The Kier molecular flexibility index (Phi) is 7.29. The zero-order valence-electron chi connectivity index (χ0n) is 18.7. The van der Waals surface area contributed by atoms with Gasteiger partial charge in [0.05, 0.1) is 10.7 Å². The van der Waals surface area contributed by atoms with Crippen LogP contribution in [0.5, 0.6) is 5.75 Å². The van der Waals surface area contributed by atoms with E-state index < -0.39 is 5.91 Å². The Morgan fingerprint density at radius 3 is 2.73 bits per heavy atom. The highest BCUT2D eigenvalue weighted by molar-refractivity contribution is 6.35. The van der Waals surface area contributed by atoms with Crippen molar-refractivity contribution in [1.29, 1.82) is 0 Å². The highest BCUT2D eigenvalue weighted by atomic mass is 35.5. The summed E-state index contributed by atoms with van der Waals surface area (Å²) in [5, 5.41) is 5.14. The number of piperidine rings is 1. The number of fused-ring (bicyclic) bond motifs is 1. The number of hydrogen-bond acceptors (Lipinski definition) is 5. The predicted octanol–water partition coefficient (Wildman–Crippen LogP) is 5.00. The van der Waals surface area contributed by atoms with Gasteiger partial charge in [0.15, 0.2) is 12.4 Å². The molecule has 1 aromatic carbocycles. The molecule has 2 amide bonds. The zero-order valence-corrected chi connectivity index (χ0v) is 20.3. The molecule has 1 fully saturated rings. The molecule has 33 heavy (non-hydrogen) atoms. The van der Waals surface area contributed by atoms with Crippen LogP contribution in [0.1, 0.15) is 60.0 Å². The molecule has 0 radical (unpaired) electrons. The summed E-state index contributed by atoms with van der Waals surface area (Å²) < 4.78 is 11.5. The molecule has 0 saturated carbocycles. The molecule has 1 N–H and O–H groups in total. The van der Waals surface area contributed by atoms with Crippen molar-refractivity contribution in [2.75, 3.05) is 19.7 Å². The van der Waals surface area contributed by atoms with Gasteiger partial charge in [-0.25, -0.2) is 5.43 Å². The number of hydrazone groups is 1. The average Bonchev–Trinajstić information content (AvgIpc) is 3.14. The van der Waals surface area contributed by atoms with Gasteiger partial charge in [0.1, 0.15) is 11.5 Å². The van der Waals surface area contributed by atoms with Gasteiger partial charge in [-0.05, 0) is 56.7 Å². The van der Waals surface area contributed by atoms with Crippen LogP contribution in [-0.4, -0.2) is 42.1 Å². The first-order valence-electron chi connectivity index (χ1n) is 11.2. The molecule has 0 spiro atoms. The molecule has 7 nitrogen and oxygen atoms in total. The lowest BCUT2D eigenvalue weighted by Crippen LogP contribution is -2.38. The van der Waals surface area contributed by atoms with Crippen molar-refractivity contribution >= 4 is 40.7 Å². The van der Waals surface area contributed by atoms with Crippen molar-refractivity contribution in [2.24, 2.45) is 11.0 Å². The summed E-state index contributed by atoms with van der Waals surface area (Å²) in [5.41, 5.74) is 4.87. The highest BCUT2D eigenvalue weighted by Crippen LogP contribution is 2.31. The van der Waals surface area contributed by atoms with Crippen molar-refractivity contribution in [3.63, 3.8) is 0 Å². The molecule has 2 heterocycles. The van der Waals surface area contributed by atoms with Gasteiger partial charge in [0.25, 0.3) is 11.8 Å². The first-order chi connectivity index (χ1) is 15.8. The SMILES string of the molecule is Cc1c(C(=O)N2CCC(C)CC2)oc2c1/C(=N/NC(=O)COc1ccc(Cl)cc1Cl)CCC2. The van der Waals surface area contributed by atoms with Crippen LogP contribution in [0.2, 0.25) is 10.0 Å². The number of carbonyl (C=O) groups is 2. The number of nitrogens with one attached hydrogen (secondary N) is 1. The van der Waals surface area contributed by atoms with E-state index in [2.05, 4.69) is 17.5 Å². The lowest BCUT2D eigenvalue weighted by molar-refractivity contribution is -0.123. The van der Waals surface area contributed by atoms with E-state index in [9.17, 15) is 9.59 Å². The Labute approximate surface area is 203 Å². The van der Waals surface area contributed by atoms with Gasteiger partial charge >= 0.3 is 0 Å². The van der Waals surface area contributed by atoms with Crippen LogP contribution in [0.4, 0.5) is 0 Å². The van der Waals surface area contributed by atoms with Crippen molar-refractivity contribution in [3.05, 3.63) is 50.9 Å². The minimum absolute atomic E-state index is 0.0644. The molecule has 2 aliphatic rings. The largest absolute Gasteiger partial charge is 0.482 e. The molecule has 1 aromatic heterocycles. The fourth-order valence-corrected chi connectivity index (χ4v) is 4.70. The molecule has 176 valence electrons. The van der Waals surface area contributed by atoms with Gasteiger partial charge in [-0.1, -0.05) is 30.1 Å². The maximum absolute atomic E-state index is 13.1. The summed E-state index contributed by atoms with van der Waals surface area (Å²) in [6.07, 6.45) is 4.28. The number of rotatable bonds is 5. The molecule has 0 unspecified atom stereocenters. The van der Waals surface area contributed by atoms with Crippen molar-refractivity contribution in [2.45, 2.75) is 46.0 Å². The zero-order chi connectivity index (χ0) is 23.5. The fraction of sp³-hybridized carbons (Fsp3) is 0.458. The predicted molar refractivity (Wildman–Crippen MR) is 127 cm³/mol. The Balaban J connectivity index is 1.44. The van der Waals surface area contributed by atoms with Crippen LogP contribution < -0.4 is 10.2 Å². The van der Waals surface area contributed by atoms with Gasteiger partial charge in [-0.2, -0.15) is 5.10 Å². The van der Waals surface area contributed by atoms with Crippen LogP contribution in [0.25, 0.3) is 0 Å². The third kappa shape index (κ3) is 5.36. The fourth-order valence-electron chi connectivity index (χ4n) is 4.24. The monoisotopic (exact) mass is 491 g/mol. The molecule has 0 atom stereocenters. The van der Waals surface area contributed by atoms with Gasteiger partial charge in [-0.15, -0.1) is 0 Å². The lowest BCUT2D eigenvalue weighted by atomic mass is 9.93. The van der Waals surface area contributed by atoms with Gasteiger partial charge in [0, 0.05) is 35.7 Å². The van der Waals surface area contributed by atoms with Gasteiger partial charge in [0.2, 0.25) is 0 Å². The number of aryl methyl sites for hydroxylation is 1. The first kappa shape index (κ1) is 23.6. The number of amides is 2. The number of benzene rings is 1. The summed E-state index contributed by atoms with van der Waals surface area (Å²) in [4.78, 5) is 27.2. The second-order valence-corrected chi connectivity index (χ2v) is 9.48. The lowest BCUT2D eigenvalue weighted by Gasteiger charge is -2.29. The number of ether oxygens (including phenoxy) is 1. The van der Waals surface area contributed by atoms with Crippen LogP contribution in [0.15, 0.2) is 27.7 Å². The molecular weight excluding hydrogens is 465 g/mol. The number of nitrogens with zero attached hydrogens (tertiary/aromatic N) is 2. The van der Waals surface area contributed by atoms with E-state index in [1.165, 1.54) is 0 Å². The van der Waals surface area contributed by atoms with Crippen molar-refractivity contribution in [1.82, 2.24) is 10.3 Å². The Bertz CT molecular complexity index is 1090. The molecule has 9 heteroatoms. The smallest absolute Gasteiger partial charge is 0.289 e. The Morgan fingerprint density at radius 1 is 1.24 bits per heavy atom. The molecular formula is C24H27Cl2N3O4. The summed E-state index contributed by atoms with van der Waals surface area (Å²) in [6.45, 7) is 5.35. The molecule has 1 aliphatic heterocycles. The second kappa shape index (κ2) is 10.2. The topological polar surface area (TPSA) is 84.1 Å². The van der Waals surface area contributed by atoms with Gasteiger partial charge < -0.3 is 14.1 Å². The molecule has 2 aromatic rings. The van der Waals surface area contributed by atoms with Crippen LogP contribution >= 0.6 is 23.2 Å². The van der Waals surface area contributed by atoms with Crippen LogP contribution in [-0.2, 0) is 11.2 Å². The van der Waals surface area contributed by atoms with Crippen LogP contribution in [0.3, 0.4) is 0 Å². The summed E-state index contributed by atoms with van der Waals surface area (Å²) >= 11 is 11.9. The van der Waals surface area contributed by atoms with E-state index in [1.807, 2.05) is 11.8 Å². The molecule has 0 bridgehead atoms. The normalized spacial score (nSPS) is 17.7. The number of carbonyl (C=O) groups excluding carboxylic acids is 2. The average molecular weight is 492 g/mol. The minimum atomic E-state index is -0.416. The minimum Gasteiger partial charge on any atom is -0.482 e. The van der Waals surface area contributed by atoms with E-state index in [4.69, 9.17) is 32.4 Å². The van der Waals surface area contributed by atoms with E-state index in [0.29, 0.717) is 39.6 Å². The van der Waals surface area contributed by atoms with Gasteiger partial charge in [-0.3, -0.25) is 9.59 Å². The third-order valence-electron chi connectivity index (χ3n) is 6.16. The van der Waals surface area contributed by atoms with E-state index in [0.717, 1.165) is 55.7 Å². The second-order valence-electron chi connectivity index (χ2n) is 8.64. The maximum Gasteiger partial charge on any atom is 0.289 e. The van der Waals surface area contributed by atoms with E-state index in [-0.39, 0.29) is 12.5 Å². The summed E-state index contributed by atoms with van der Waals surface area (Å²) in [7, 11) is 0. The Morgan fingerprint density at radius 2 is 2.00 bits per heavy atom. The number of furan rings is 1. The standard InChI is InChI=1S/C24H27Cl2N3O4/c1-14-8-10-29(11-9-14)24(31)23-15(2)22-18(4-3-5-20(22)33-23)27-28-21(30)13-32-19-7-6-16(25)12-17(19)26/h6-7,12,14H,3-5,8-11,13H2,1-2H3,(H,28,30)/b27-18+. The number of likely N-dealkylation sites (tertiary alicyclic amines) is 1. The summed E-state index contributed by atoms with van der Waals surface area (Å²) in [6, 6.07) is 4.79. The first-order valence-corrected chi connectivity index (χ1v) is 11.9. The summed E-state index contributed by atoms with van der Waals surface area (Å²) in [5.74, 6) is 1.67.